The predicted octanol–water partition coefficient (Wildman–Crippen LogP) is 2.21. The second-order valence-electron chi connectivity index (χ2n) is 10.1. The molecule has 1 fully saturated rings. The Morgan fingerprint density at radius 3 is 1.54 bits per heavy atom. The molecule has 0 saturated carbocycles. The van der Waals surface area contributed by atoms with E-state index in [1.807, 2.05) is 0 Å². The maximum atomic E-state index is 12.0. The van der Waals surface area contributed by atoms with Crippen LogP contribution in [0.15, 0.2) is 24.3 Å². The van der Waals surface area contributed by atoms with Gasteiger partial charge in [-0.15, -0.1) is 0 Å². The van der Waals surface area contributed by atoms with Crippen molar-refractivity contribution in [2.45, 2.75) is 59.2 Å². The molecule has 0 spiro atoms. The molecule has 0 atom stereocenters. The van der Waals surface area contributed by atoms with Gasteiger partial charge in [-0.05, 0) is 54.5 Å². The second kappa shape index (κ2) is 14.6. The van der Waals surface area contributed by atoms with E-state index < -0.39 is 35.1 Å². The molecule has 1 aliphatic heterocycles. The number of rotatable bonds is 11. The molecule has 0 N–H and O–H groups in total. The first-order valence-corrected chi connectivity index (χ1v) is 11.7. The molecule has 198 valence electrons. The van der Waals surface area contributed by atoms with Crippen LogP contribution >= 0.6 is 0 Å². The van der Waals surface area contributed by atoms with E-state index in [1.165, 1.54) is 0 Å². The standard InChI is InChI=1S/C25H39NO9/c1-24(2,3)34-22(29)9-7-20(27)32-17-19(11-12-26-13-15-31-16-14-26)18-33-21(28)8-10-23(30)35-25(4,5)6/h7-10,19H,11-18H2,1-6H3/b9-7+,10-8+. The van der Waals surface area contributed by atoms with Crippen molar-refractivity contribution in [3.8, 4) is 0 Å². The van der Waals surface area contributed by atoms with Crippen LogP contribution in [0.25, 0.3) is 0 Å². The van der Waals surface area contributed by atoms with E-state index in [9.17, 15) is 19.2 Å². The van der Waals surface area contributed by atoms with Crippen molar-refractivity contribution in [1.29, 1.82) is 0 Å². The molecule has 0 unspecified atom stereocenters. The molecule has 0 radical (unpaired) electrons. The smallest absolute Gasteiger partial charge is 0.331 e. The highest BCUT2D eigenvalue weighted by Gasteiger charge is 2.19. The van der Waals surface area contributed by atoms with Crippen molar-refractivity contribution >= 4 is 23.9 Å². The summed E-state index contributed by atoms with van der Waals surface area (Å²) in [6.07, 6.45) is 4.63. The maximum absolute atomic E-state index is 12.0. The Morgan fingerprint density at radius 1 is 0.743 bits per heavy atom. The minimum Gasteiger partial charge on any atom is -0.462 e. The van der Waals surface area contributed by atoms with Crippen LogP contribution in [0, 0.1) is 5.92 Å². The summed E-state index contributed by atoms with van der Waals surface area (Å²) in [6, 6.07) is 0. The number of ether oxygens (including phenoxy) is 5. The first-order chi connectivity index (χ1) is 16.2. The first kappa shape index (κ1) is 30.3. The van der Waals surface area contributed by atoms with Gasteiger partial charge in [-0.1, -0.05) is 0 Å². The minimum absolute atomic E-state index is 0.00904. The Labute approximate surface area is 207 Å². The highest BCUT2D eigenvalue weighted by atomic mass is 16.6. The highest BCUT2D eigenvalue weighted by Crippen LogP contribution is 2.11. The minimum atomic E-state index is -0.705. The van der Waals surface area contributed by atoms with Crippen molar-refractivity contribution in [3.63, 3.8) is 0 Å². The van der Waals surface area contributed by atoms with Crippen LogP contribution in [-0.2, 0) is 42.9 Å². The van der Waals surface area contributed by atoms with Crippen molar-refractivity contribution < 1.29 is 42.9 Å². The third-order valence-corrected chi connectivity index (χ3v) is 4.40. The molecule has 0 aromatic rings. The van der Waals surface area contributed by atoms with Crippen LogP contribution in [0.3, 0.4) is 0 Å². The second-order valence-corrected chi connectivity index (χ2v) is 10.1. The lowest BCUT2D eigenvalue weighted by Crippen LogP contribution is -2.38. The molecule has 10 heteroatoms. The summed E-state index contributed by atoms with van der Waals surface area (Å²) in [6.45, 7) is 13.9. The first-order valence-electron chi connectivity index (χ1n) is 11.7. The number of nitrogens with zero attached hydrogens (tertiary/aromatic N) is 1. The van der Waals surface area contributed by atoms with Crippen molar-refractivity contribution in [2.24, 2.45) is 5.92 Å². The van der Waals surface area contributed by atoms with Gasteiger partial charge in [0.15, 0.2) is 0 Å². The number of morpholine rings is 1. The summed E-state index contributed by atoms with van der Waals surface area (Å²) >= 11 is 0. The fourth-order valence-corrected chi connectivity index (χ4v) is 2.84. The Hall–Kier alpha value is -2.72. The summed E-state index contributed by atoms with van der Waals surface area (Å²) in [5.74, 6) is -2.99. The Bertz CT molecular complexity index is 715. The zero-order valence-corrected chi connectivity index (χ0v) is 21.7. The van der Waals surface area contributed by atoms with Crippen LogP contribution in [0.1, 0.15) is 48.0 Å². The van der Waals surface area contributed by atoms with Crippen LogP contribution in [-0.4, -0.2) is 86.0 Å². The zero-order chi connectivity index (χ0) is 26.5. The van der Waals surface area contributed by atoms with E-state index in [2.05, 4.69) is 4.90 Å². The quantitative estimate of drug-likeness (QED) is 0.239. The van der Waals surface area contributed by atoms with Gasteiger partial charge in [0.1, 0.15) is 11.2 Å². The molecule has 0 bridgehead atoms. The Kier molecular flexibility index (Phi) is 12.7. The lowest BCUT2D eigenvalue weighted by Gasteiger charge is -2.28. The average Bonchev–Trinajstić information content (AvgIpc) is 2.74. The summed E-state index contributed by atoms with van der Waals surface area (Å²) in [5.41, 5.74) is -1.34. The molecule has 1 aliphatic rings. The van der Waals surface area contributed by atoms with E-state index >= 15 is 0 Å². The van der Waals surface area contributed by atoms with Crippen molar-refractivity contribution in [3.05, 3.63) is 24.3 Å². The molecule has 0 amide bonds. The van der Waals surface area contributed by atoms with E-state index in [0.717, 1.165) is 37.4 Å². The molecule has 0 aromatic heterocycles. The predicted molar refractivity (Wildman–Crippen MR) is 127 cm³/mol. The molecular weight excluding hydrogens is 458 g/mol. The lowest BCUT2D eigenvalue weighted by molar-refractivity contribution is -0.149. The summed E-state index contributed by atoms with van der Waals surface area (Å²) in [5, 5.41) is 0. The summed E-state index contributed by atoms with van der Waals surface area (Å²) in [7, 11) is 0. The van der Waals surface area contributed by atoms with E-state index in [-0.39, 0.29) is 19.1 Å². The number of hydrogen-bond donors (Lipinski definition) is 0. The van der Waals surface area contributed by atoms with Crippen LogP contribution in [0.4, 0.5) is 0 Å². The molecule has 1 heterocycles. The van der Waals surface area contributed by atoms with Gasteiger partial charge in [-0.25, -0.2) is 19.2 Å². The average molecular weight is 498 g/mol. The summed E-state index contributed by atoms with van der Waals surface area (Å²) in [4.78, 5) is 49.7. The lowest BCUT2D eigenvalue weighted by atomic mass is 10.1. The fourth-order valence-electron chi connectivity index (χ4n) is 2.84. The van der Waals surface area contributed by atoms with Gasteiger partial charge in [0.05, 0.1) is 26.4 Å². The van der Waals surface area contributed by atoms with Crippen molar-refractivity contribution in [2.75, 3.05) is 46.1 Å². The molecule has 10 nitrogen and oxygen atoms in total. The van der Waals surface area contributed by atoms with Gasteiger partial charge >= 0.3 is 23.9 Å². The number of carbonyl (C=O) groups excluding carboxylic acids is 4. The van der Waals surface area contributed by atoms with Crippen LogP contribution < -0.4 is 0 Å². The van der Waals surface area contributed by atoms with Gasteiger partial charge in [-0.2, -0.15) is 0 Å². The summed E-state index contributed by atoms with van der Waals surface area (Å²) < 4.78 is 26.1. The van der Waals surface area contributed by atoms with Crippen molar-refractivity contribution in [1.82, 2.24) is 4.90 Å². The van der Waals surface area contributed by atoms with E-state index in [0.29, 0.717) is 26.2 Å². The number of hydrogen-bond acceptors (Lipinski definition) is 10. The van der Waals surface area contributed by atoms with Gasteiger partial charge in [-0.3, -0.25) is 4.90 Å². The van der Waals surface area contributed by atoms with Crippen LogP contribution in [0.5, 0.6) is 0 Å². The van der Waals surface area contributed by atoms with Gasteiger partial charge in [0, 0.05) is 43.3 Å². The number of esters is 4. The SMILES string of the molecule is CC(C)(C)OC(=O)/C=C/C(=O)OCC(CCN1CCOCC1)COC(=O)/C=C/C(=O)OC(C)(C)C. The highest BCUT2D eigenvalue weighted by molar-refractivity contribution is 5.92. The zero-order valence-electron chi connectivity index (χ0n) is 21.7. The molecule has 0 aliphatic carbocycles. The fraction of sp³-hybridized carbons (Fsp3) is 0.680. The van der Waals surface area contributed by atoms with Gasteiger partial charge in [0.2, 0.25) is 0 Å². The monoisotopic (exact) mass is 497 g/mol. The molecule has 1 saturated heterocycles. The van der Waals surface area contributed by atoms with Gasteiger partial charge < -0.3 is 23.7 Å². The largest absolute Gasteiger partial charge is 0.462 e. The Balaban J connectivity index is 2.59. The normalized spacial score (nSPS) is 15.4. The third kappa shape index (κ3) is 16.5. The topological polar surface area (TPSA) is 118 Å². The van der Waals surface area contributed by atoms with Gasteiger partial charge in [0.25, 0.3) is 0 Å². The third-order valence-electron chi connectivity index (χ3n) is 4.40. The molecule has 0 aromatic carbocycles. The van der Waals surface area contributed by atoms with E-state index in [4.69, 9.17) is 23.7 Å². The molecule has 1 rings (SSSR count). The molecular formula is C25H39NO9. The maximum Gasteiger partial charge on any atom is 0.331 e. The van der Waals surface area contributed by atoms with Crippen LogP contribution in [0.2, 0.25) is 0 Å². The van der Waals surface area contributed by atoms with E-state index in [1.54, 1.807) is 41.5 Å². The molecule has 35 heavy (non-hydrogen) atoms. The number of carbonyl (C=O) groups is 4. The Morgan fingerprint density at radius 2 is 1.14 bits per heavy atom.